The van der Waals surface area contributed by atoms with Gasteiger partial charge in [-0.05, 0) is 26.2 Å². The minimum absolute atomic E-state index is 0.0249. The molecule has 0 aliphatic carbocycles. The van der Waals surface area contributed by atoms with Crippen molar-refractivity contribution in [3.63, 3.8) is 0 Å². The number of carbonyl (C=O) groups is 1. The lowest BCUT2D eigenvalue weighted by Crippen LogP contribution is -2.11. The van der Waals surface area contributed by atoms with Gasteiger partial charge in [-0.25, -0.2) is 0 Å². The van der Waals surface area contributed by atoms with Crippen molar-refractivity contribution in [2.24, 2.45) is 0 Å². The molecule has 0 aromatic carbocycles. The Morgan fingerprint density at radius 2 is 2.06 bits per heavy atom. The van der Waals surface area contributed by atoms with Gasteiger partial charge in [-0.15, -0.1) is 0 Å². The summed E-state index contributed by atoms with van der Waals surface area (Å²) in [6, 6.07) is 0. The van der Waals surface area contributed by atoms with E-state index in [1.165, 1.54) is 7.11 Å². The minimum Gasteiger partial charge on any atom is -0.469 e. The molecular formula is C13H22O4. The molecule has 0 spiro atoms. The van der Waals surface area contributed by atoms with Crippen LogP contribution in [-0.4, -0.2) is 35.5 Å². The van der Waals surface area contributed by atoms with Crippen LogP contribution in [0.2, 0.25) is 0 Å². The molecule has 17 heavy (non-hydrogen) atoms. The van der Waals surface area contributed by atoms with Gasteiger partial charge in [-0.2, -0.15) is 0 Å². The highest BCUT2D eigenvalue weighted by Gasteiger charge is 2.06. The van der Waals surface area contributed by atoms with Gasteiger partial charge in [0.2, 0.25) is 0 Å². The molecule has 0 aromatic rings. The van der Waals surface area contributed by atoms with Crippen LogP contribution in [0.15, 0.2) is 24.3 Å². The van der Waals surface area contributed by atoms with Crippen molar-refractivity contribution in [2.45, 2.75) is 44.8 Å². The van der Waals surface area contributed by atoms with Crippen LogP contribution >= 0.6 is 0 Å². The van der Waals surface area contributed by atoms with Crippen LogP contribution in [0.25, 0.3) is 0 Å². The summed E-state index contributed by atoms with van der Waals surface area (Å²) in [5, 5.41) is 18.4. The zero-order valence-corrected chi connectivity index (χ0v) is 10.5. The Morgan fingerprint density at radius 1 is 1.35 bits per heavy atom. The Balaban J connectivity index is 3.64. The highest BCUT2D eigenvalue weighted by Crippen LogP contribution is 2.01. The molecule has 0 amide bonds. The van der Waals surface area contributed by atoms with Crippen LogP contribution in [-0.2, 0) is 9.53 Å². The Morgan fingerprint density at radius 3 is 2.65 bits per heavy atom. The maximum absolute atomic E-state index is 10.8. The zero-order chi connectivity index (χ0) is 13.1. The highest BCUT2D eigenvalue weighted by molar-refractivity contribution is 5.70. The number of rotatable bonds is 8. The molecular weight excluding hydrogens is 220 g/mol. The third-order valence-corrected chi connectivity index (χ3v) is 2.18. The summed E-state index contributed by atoms with van der Waals surface area (Å²) in [6.45, 7) is 1.77. The van der Waals surface area contributed by atoms with Gasteiger partial charge in [0.15, 0.2) is 0 Å². The predicted octanol–water partition coefficient (Wildman–Crippen LogP) is 1.57. The summed E-state index contributed by atoms with van der Waals surface area (Å²) in [5.41, 5.74) is 0. The Labute approximate surface area is 103 Å². The van der Waals surface area contributed by atoms with Crippen LogP contribution in [0.1, 0.15) is 32.6 Å². The maximum atomic E-state index is 10.8. The van der Waals surface area contributed by atoms with Crippen molar-refractivity contribution in [2.75, 3.05) is 7.11 Å². The summed E-state index contributed by atoms with van der Waals surface area (Å²) in [6.07, 6.45) is 8.58. The van der Waals surface area contributed by atoms with E-state index in [1.54, 1.807) is 19.1 Å². The molecule has 0 aromatic heterocycles. The van der Waals surface area contributed by atoms with E-state index in [9.17, 15) is 9.90 Å². The molecule has 4 heteroatoms. The molecule has 0 unspecified atom stereocenters. The van der Waals surface area contributed by atoms with Gasteiger partial charge in [0, 0.05) is 0 Å². The minimum atomic E-state index is -0.801. The molecule has 0 saturated heterocycles. The van der Waals surface area contributed by atoms with E-state index >= 15 is 0 Å². The Bertz CT molecular complexity index is 256. The quantitative estimate of drug-likeness (QED) is 0.385. The molecule has 2 atom stereocenters. The van der Waals surface area contributed by atoms with E-state index in [2.05, 4.69) is 4.74 Å². The molecule has 0 bridgehead atoms. The summed E-state index contributed by atoms with van der Waals surface area (Å²) >= 11 is 0. The Kier molecular flexibility index (Phi) is 9.38. The van der Waals surface area contributed by atoms with Crippen LogP contribution in [0, 0.1) is 0 Å². The predicted molar refractivity (Wildman–Crippen MR) is 66.5 cm³/mol. The molecule has 98 valence electrons. The molecule has 0 fully saturated rings. The van der Waals surface area contributed by atoms with Crippen molar-refractivity contribution in [3.05, 3.63) is 24.3 Å². The summed E-state index contributed by atoms with van der Waals surface area (Å²) < 4.78 is 4.43. The van der Waals surface area contributed by atoms with Gasteiger partial charge in [-0.1, -0.05) is 24.3 Å². The summed E-state index contributed by atoms with van der Waals surface area (Å²) in [4.78, 5) is 10.8. The maximum Gasteiger partial charge on any atom is 0.308 e. The fourth-order valence-electron chi connectivity index (χ4n) is 1.22. The number of ether oxygens (including phenoxy) is 1. The first kappa shape index (κ1) is 15.9. The average molecular weight is 242 g/mol. The number of unbranched alkanes of at least 4 members (excludes halogenated alkanes) is 1. The molecule has 0 radical (unpaired) electrons. The lowest BCUT2D eigenvalue weighted by atomic mass is 10.1. The van der Waals surface area contributed by atoms with Crippen molar-refractivity contribution >= 4 is 5.97 Å². The largest absolute Gasteiger partial charge is 0.469 e. The number of methoxy groups -OCH3 is 1. The lowest BCUT2D eigenvalue weighted by molar-refractivity contribution is -0.142. The number of esters is 1. The van der Waals surface area contributed by atoms with E-state index in [0.717, 1.165) is 19.3 Å². The normalized spacial score (nSPS) is 15.3. The summed E-state index contributed by atoms with van der Waals surface area (Å²) in [5.74, 6) is -0.428. The van der Waals surface area contributed by atoms with Crippen LogP contribution in [0.5, 0.6) is 0 Å². The number of carbonyl (C=O) groups excluding carboxylic acids is 1. The summed E-state index contributed by atoms with van der Waals surface area (Å²) in [7, 11) is 1.29. The fourth-order valence-corrected chi connectivity index (χ4v) is 1.22. The van der Waals surface area contributed by atoms with Gasteiger partial charge in [0.25, 0.3) is 0 Å². The van der Waals surface area contributed by atoms with Gasteiger partial charge in [0.05, 0.1) is 25.7 Å². The number of allylic oxidation sites excluding steroid dienone is 3. The second-order valence-electron chi connectivity index (χ2n) is 3.94. The first-order chi connectivity index (χ1) is 8.06. The highest BCUT2D eigenvalue weighted by atomic mass is 16.5. The van der Waals surface area contributed by atoms with Crippen molar-refractivity contribution in [1.29, 1.82) is 0 Å². The second-order valence-corrected chi connectivity index (χ2v) is 3.94. The zero-order valence-electron chi connectivity index (χ0n) is 10.5. The topological polar surface area (TPSA) is 66.8 Å². The fraction of sp³-hybridized carbons (Fsp3) is 0.615. The first-order valence-corrected chi connectivity index (χ1v) is 5.82. The van der Waals surface area contributed by atoms with E-state index in [4.69, 9.17) is 5.11 Å². The van der Waals surface area contributed by atoms with Crippen LogP contribution in [0.3, 0.4) is 0 Å². The second kappa shape index (κ2) is 10.1. The van der Waals surface area contributed by atoms with E-state index in [0.29, 0.717) is 0 Å². The van der Waals surface area contributed by atoms with Gasteiger partial charge < -0.3 is 14.9 Å². The van der Waals surface area contributed by atoms with Gasteiger partial charge in [-0.3, -0.25) is 4.79 Å². The molecule has 0 heterocycles. The standard InChI is InChI=1S/C13H22O4/c1-11(14)8-6-4-3-5-7-9-12(15)10-13(16)17-2/h3,5,7,9,11-12,14-15H,4,6,8,10H2,1-2H3/b5-3+,9-7+/t11-,12-/m1/s1. The van der Waals surface area contributed by atoms with Crippen molar-refractivity contribution < 1.29 is 19.7 Å². The molecule has 2 N–H and O–H groups in total. The van der Waals surface area contributed by atoms with E-state index in [1.807, 2.05) is 12.2 Å². The number of hydrogen-bond donors (Lipinski definition) is 2. The van der Waals surface area contributed by atoms with Gasteiger partial charge in [0.1, 0.15) is 0 Å². The first-order valence-electron chi connectivity index (χ1n) is 5.82. The monoisotopic (exact) mass is 242 g/mol. The van der Waals surface area contributed by atoms with E-state index in [-0.39, 0.29) is 12.5 Å². The Hall–Kier alpha value is -1.13. The molecule has 0 rings (SSSR count). The average Bonchev–Trinajstić information content (AvgIpc) is 2.27. The smallest absolute Gasteiger partial charge is 0.308 e. The third-order valence-electron chi connectivity index (χ3n) is 2.18. The SMILES string of the molecule is COC(=O)C[C@H](O)/C=C/C=C/CCC[C@@H](C)O. The van der Waals surface area contributed by atoms with Crippen molar-refractivity contribution in [3.8, 4) is 0 Å². The molecule has 0 aliphatic heterocycles. The van der Waals surface area contributed by atoms with Crippen molar-refractivity contribution in [1.82, 2.24) is 0 Å². The number of aliphatic hydroxyl groups excluding tert-OH is 2. The number of aliphatic hydroxyl groups is 2. The van der Waals surface area contributed by atoms with Gasteiger partial charge >= 0.3 is 5.97 Å². The molecule has 0 aliphatic rings. The molecule has 4 nitrogen and oxygen atoms in total. The molecule has 0 saturated carbocycles. The third kappa shape index (κ3) is 11.1. The lowest BCUT2D eigenvalue weighted by Gasteiger charge is -2.02. The van der Waals surface area contributed by atoms with Crippen LogP contribution in [0.4, 0.5) is 0 Å². The number of hydrogen-bond acceptors (Lipinski definition) is 4. The van der Waals surface area contributed by atoms with Crippen LogP contribution < -0.4 is 0 Å². The van der Waals surface area contributed by atoms with E-state index < -0.39 is 12.1 Å².